The highest BCUT2D eigenvalue weighted by Gasteiger charge is 2.37. The molecule has 3 rings (SSSR count). The van der Waals surface area contributed by atoms with E-state index >= 15 is 0 Å². The molecule has 6 heteroatoms. The van der Waals surface area contributed by atoms with E-state index in [1.165, 1.54) is 4.90 Å². The van der Waals surface area contributed by atoms with Crippen molar-refractivity contribution >= 4 is 12.1 Å². The van der Waals surface area contributed by atoms with Crippen LogP contribution in [0.25, 0.3) is 0 Å². The molecule has 1 fully saturated rings. The van der Waals surface area contributed by atoms with Crippen molar-refractivity contribution in [1.29, 1.82) is 0 Å². The average molecular weight is 369 g/mol. The fourth-order valence-corrected chi connectivity index (χ4v) is 3.18. The Bertz CT molecular complexity index is 750. The van der Waals surface area contributed by atoms with Crippen LogP contribution in [0.5, 0.6) is 0 Å². The van der Waals surface area contributed by atoms with Crippen LogP contribution in [0.1, 0.15) is 28.8 Å². The highest BCUT2D eigenvalue weighted by atomic mass is 16.6. The molecule has 1 aliphatic rings. The molecule has 0 radical (unpaired) electrons. The summed E-state index contributed by atoms with van der Waals surface area (Å²) >= 11 is 0. The van der Waals surface area contributed by atoms with Gasteiger partial charge in [0.15, 0.2) is 0 Å². The van der Waals surface area contributed by atoms with Crippen LogP contribution in [0.4, 0.5) is 4.79 Å². The summed E-state index contributed by atoms with van der Waals surface area (Å²) in [5.41, 5.74) is 1.33. The third-order valence-electron chi connectivity index (χ3n) is 4.61. The molecule has 1 aliphatic heterocycles. The van der Waals surface area contributed by atoms with Gasteiger partial charge in [-0.15, -0.1) is 0 Å². The zero-order valence-corrected chi connectivity index (χ0v) is 15.0. The van der Waals surface area contributed by atoms with Gasteiger partial charge in [0.05, 0.1) is 18.2 Å². The molecule has 1 saturated heterocycles. The van der Waals surface area contributed by atoms with Gasteiger partial charge in [-0.1, -0.05) is 48.5 Å². The molecule has 2 aromatic carbocycles. The van der Waals surface area contributed by atoms with Gasteiger partial charge in [0.1, 0.15) is 12.7 Å². The maximum absolute atomic E-state index is 12.5. The zero-order chi connectivity index (χ0) is 19.1. The van der Waals surface area contributed by atoms with E-state index in [1.807, 2.05) is 36.4 Å². The first-order valence-electron chi connectivity index (χ1n) is 9.03. The Morgan fingerprint density at radius 3 is 2.37 bits per heavy atom. The summed E-state index contributed by atoms with van der Waals surface area (Å²) in [7, 11) is 0. The molecule has 1 N–H and O–H groups in total. The Labute approximate surface area is 158 Å². The Hall–Kier alpha value is -2.86. The number of ether oxygens (including phenoxy) is 2. The highest BCUT2D eigenvalue weighted by Crippen LogP contribution is 2.23. The average Bonchev–Trinajstić information content (AvgIpc) is 2.73. The molecule has 2 atom stereocenters. The molecule has 1 heterocycles. The third kappa shape index (κ3) is 4.86. The van der Waals surface area contributed by atoms with Gasteiger partial charge < -0.3 is 14.6 Å². The van der Waals surface area contributed by atoms with Crippen molar-refractivity contribution in [3.8, 4) is 0 Å². The first kappa shape index (κ1) is 18.9. The number of benzene rings is 2. The SMILES string of the molecule is O=C(O[C@H]1CCCN(C(=O)OCc2ccccc2)[C@@H]1CO)c1ccccc1. The summed E-state index contributed by atoms with van der Waals surface area (Å²) in [6, 6.07) is 17.4. The van der Waals surface area contributed by atoms with Gasteiger partial charge in [0.25, 0.3) is 0 Å². The molecule has 0 aromatic heterocycles. The van der Waals surface area contributed by atoms with Crippen molar-refractivity contribution in [2.45, 2.75) is 31.6 Å². The van der Waals surface area contributed by atoms with Crippen molar-refractivity contribution in [3.05, 3.63) is 71.8 Å². The summed E-state index contributed by atoms with van der Waals surface area (Å²) in [4.78, 5) is 26.3. The van der Waals surface area contributed by atoms with E-state index in [-0.39, 0.29) is 13.2 Å². The minimum absolute atomic E-state index is 0.156. The Morgan fingerprint density at radius 2 is 1.70 bits per heavy atom. The van der Waals surface area contributed by atoms with E-state index in [1.54, 1.807) is 24.3 Å². The summed E-state index contributed by atoms with van der Waals surface area (Å²) in [5, 5.41) is 9.81. The van der Waals surface area contributed by atoms with Crippen molar-refractivity contribution in [2.75, 3.05) is 13.2 Å². The lowest BCUT2D eigenvalue weighted by molar-refractivity contribution is -0.0375. The number of carbonyl (C=O) groups excluding carboxylic acids is 2. The molecule has 0 saturated carbocycles. The molecule has 1 amide bonds. The number of nitrogens with zero attached hydrogens (tertiary/aromatic N) is 1. The van der Waals surface area contributed by atoms with Crippen LogP contribution in [0.3, 0.4) is 0 Å². The molecule has 27 heavy (non-hydrogen) atoms. The van der Waals surface area contributed by atoms with Crippen molar-refractivity contribution in [3.63, 3.8) is 0 Å². The lowest BCUT2D eigenvalue weighted by Gasteiger charge is -2.38. The monoisotopic (exact) mass is 369 g/mol. The molecule has 142 valence electrons. The van der Waals surface area contributed by atoms with Gasteiger partial charge in [-0.3, -0.25) is 4.90 Å². The number of hydrogen-bond donors (Lipinski definition) is 1. The topological polar surface area (TPSA) is 76.1 Å². The van der Waals surface area contributed by atoms with Gasteiger partial charge >= 0.3 is 12.1 Å². The number of aliphatic hydroxyl groups is 1. The Balaban J connectivity index is 1.62. The van der Waals surface area contributed by atoms with Crippen molar-refractivity contribution in [2.24, 2.45) is 0 Å². The molecular formula is C21H23NO5. The smallest absolute Gasteiger partial charge is 0.410 e. The standard InChI is InChI=1S/C21H23NO5/c23-14-18-19(27-20(24)17-10-5-2-6-11-17)12-7-13-22(18)21(25)26-15-16-8-3-1-4-9-16/h1-6,8-11,18-19,23H,7,12-15H2/t18-,19+/m1/s1. The number of aliphatic hydroxyl groups excluding tert-OH is 1. The van der Waals surface area contributed by atoms with Crippen LogP contribution in [-0.4, -0.2) is 47.4 Å². The quantitative estimate of drug-likeness (QED) is 0.820. The summed E-state index contributed by atoms with van der Waals surface area (Å²) < 4.78 is 10.9. The predicted molar refractivity (Wildman–Crippen MR) is 99.1 cm³/mol. The number of hydrogen-bond acceptors (Lipinski definition) is 5. The molecule has 0 bridgehead atoms. The number of rotatable bonds is 5. The summed E-state index contributed by atoms with van der Waals surface area (Å²) in [6.45, 7) is 0.314. The summed E-state index contributed by atoms with van der Waals surface area (Å²) in [6.07, 6.45) is 0.176. The maximum Gasteiger partial charge on any atom is 0.410 e. The fourth-order valence-electron chi connectivity index (χ4n) is 3.18. The number of likely N-dealkylation sites (tertiary alicyclic amines) is 1. The second kappa shape index (κ2) is 9.19. The minimum Gasteiger partial charge on any atom is -0.456 e. The van der Waals surface area contributed by atoms with Crippen LogP contribution in [0, 0.1) is 0 Å². The summed E-state index contributed by atoms with van der Waals surface area (Å²) in [5.74, 6) is -0.460. The number of carbonyl (C=O) groups is 2. The Kier molecular flexibility index (Phi) is 6.44. The molecule has 2 aromatic rings. The number of esters is 1. The maximum atomic E-state index is 12.5. The van der Waals surface area contributed by atoms with E-state index in [2.05, 4.69) is 0 Å². The normalized spacial score (nSPS) is 19.4. The molecule has 6 nitrogen and oxygen atoms in total. The second-order valence-corrected chi connectivity index (χ2v) is 6.44. The van der Waals surface area contributed by atoms with Crippen LogP contribution in [-0.2, 0) is 16.1 Å². The fraction of sp³-hybridized carbons (Fsp3) is 0.333. The van der Waals surface area contributed by atoms with Crippen LogP contribution < -0.4 is 0 Å². The third-order valence-corrected chi connectivity index (χ3v) is 4.61. The lowest BCUT2D eigenvalue weighted by Crippen LogP contribution is -2.54. The van der Waals surface area contributed by atoms with Gasteiger partial charge in [-0.2, -0.15) is 0 Å². The largest absolute Gasteiger partial charge is 0.456 e. The number of amides is 1. The molecular weight excluding hydrogens is 346 g/mol. The van der Waals surface area contributed by atoms with E-state index in [0.29, 0.717) is 24.9 Å². The van der Waals surface area contributed by atoms with Crippen molar-refractivity contribution < 1.29 is 24.2 Å². The van der Waals surface area contributed by atoms with Gasteiger partial charge in [0.2, 0.25) is 0 Å². The Morgan fingerprint density at radius 1 is 1.04 bits per heavy atom. The molecule has 0 unspecified atom stereocenters. The zero-order valence-electron chi connectivity index (χ0n) is 15.0. The van der Waals surface area contributed by atoms with E-state index < -0.39 is 24.2 Å². The van der Waals surface area contributed by atoms with Gasteiger partial charge in [-0.05, 0) is 30.5 Å². The molecule has 0 spiro atoms. The first-order valence-corrected chi connectivity index (χ1v) is 9.03. The van der Waals surface area contributed by atoms with Crippen LogP contribution in [0.15, 0.2) is 60.7 Å². The van der Waals surface area contributed by atoms with Gasteiger partial charge in [0, 0.05) is 6.54 Å². The van der Waals surface area contributed by atoms with Crippen LogP contribution in [0.2, 0.25) is 0 Å². The lowest BCUT2D eigenvalue weighted by atomic mass is 9.99. The first-order chi connectivity index (χ1) is 13.2. The number of piperidine rings is 1. The van der Waals surface area contributed by atoms with Crippen LogP contribution >= 0.6 is 0 Å². The van der Waals surface area contributed by atoms with E-state index in [4.69, 9.17) is 9.47 Å². The highest BCUT2D eigenvalue weighted by molar-refractivity contribution is 5.89. The predicted octanol–water partition coefficient (Wildman–Crippen LogP) is 3.01. The second-order valence-electron chi connectivity index (χ2n) is 6.44. The van der Waals surface area contributed by atoms with E-state index in [9.17, 15) is 14.7 Å². The minimum atomic E-state index is -0.616. The van der Waals surface area contributed by atoms with Crippen molar-refractivity contribution in [1.82, 2.24) is 4.90 Å². The van der Waals surface area contributed by atoms with E-state index in [0.717, 1.165) is 5.56 Å². The van der Waals surface area contributed by atoms with Gasteiger partial charge in [-0.25, -0.2) is 9.59 Å². The molecule has 0 aliphatic carbocycles.